The molecule has 11 heavy (non-hydrogen) atoms. The highest BCUT2D eigenvalue weighted by molar-refractivity contribution is 5.19. The molecule has 59 valence electrons. The van der Waals surface area contributed by atoms with Crippen LogP contribution in [0.3, 0.4) is 0 Å². The first-order valence-electron chi connectivity index (χ1n) is 4.20. The molecule has 1 aromatic rings. The number of aromatic nitrogens is 2. The Hall–Kier alpha value is -0.790. The maximum Gasteiger partial charge on any atom is 0.0522 e. The standard InChI is InChI=1S/C9H13N2/c1-2-7-3-4-9-8(5-7)6-10-11-9/h6-7H,1-5H2,(H,10,11). The molecule has 1 aliphatic rings. The molecule has 1 radical (unpaired) electrons. The molecule has 2 nitrogen and oxygen atoms in total. The normalized spacial score (nSPS) is 23.2. The lowest BCUT2D eigenvalue weighted by molar-refractivity contribution is 0.459. The summed E-state index contributed by atoms with van der Waals surface area (Å²) < 4.78 is 0. The average Bonchev–Trinajstić information content (AvgIpc) is 2.50. The zero-order chi connectivity index (χ0) is 7.68. The molecule has 0 aromatic carbocycles. The van der Waals surface area contributed by atoms with Crippen LogP contribution in [0.15, 0.2) is 6.20 Å². The largest absolute Gasteiger partial charge is 0.282 e. The Morgan fingerprint density at radius 1 is 1.73 bits per heavy atom. The van der Waals surface area contributed by atoms with Crippen LogP contribution in [0.4, 0.5) is 0 Å². The molecule has 2 rings (SSSR count). The van der Waals surface area contributed by atoms with Crippen molar-refractivity contribution < 1.29 is 0 Å². The zero-order valence-electron chi connectivity index (χ0n) is 6.64. The van der Waals surface area contributed by atoms with Crippen LogP contribution >= 0.6 is 0 Å². The number of rotatable bonds is 1. The lowest BCUT2D eigenvalue weighted by Crippen LogP contribution is -2.12. The quantitative estimate of drug-likeness (QED) is 0.647. The SMILES string of the molecule is [CH2]CC1CCc2[nH]ncc2C1. The first-order valence-corrected chi connectivity index (χ1v) is 4.20. The maximum atomic E-state index is 4.03. The summed E-state index contributed by atoms with van der Waals surface area (Å²) in [6, 6.07) is 0. The lowest BCUT2D eigenvalue weighted by atomic mass is 9.86. The molecular weight excluding hydrogens is 136 g/mol. The van der Waals surface area contributed by atoms with Gasteiger partial charge < -0.3 is 0 Å². The fourth-order valence-corrected chi connectivity index (χ4v) is 1.74. The summed E-state index contributed by atoms with van der Waals surface area (Å²) in [7, 11) is 0. The minimum absolute atomic E-state index is 0.792. The highest BCUT2D eigenvalue weighted by Gasteiger charge is 2.17. The number of aromatic amines is 1. The summed E-state index contributed by atoms with van der Waals surface area (Å²) in [6.45, 7) is 3.94. The number of nitrogens with one attached hydrogen (secondary N) is 1. The Labute approximate surface area is 67.0 Å². The van der Waals surface area contributed by atoms with E-state index in [4.69, 9.17) is 0 Å². The van der Waals surface area contributed by atoms with Gasteiger partial charge in [0.2, 0.25) is 0 Å². The van der Waals surface area contributed by atoms with E-state index in [1.165, 1.54) is 24.1 Å². The molecule has 0 saturated carbocycles. The molecule has 1 N–H and O–H groups in total. The molecule has 0 fully saturated rings. The highest BCUT2D eigenvalue weighted by Crippen LogP contribution is 2.25. The van der Waals surface area contributed by atoms with Gasteiger partial charge in [0.1, 0.15) is 0 Å². The third-order valence-corrected chi connectivity index (χ3v) is 2.53. The van der Waals surface area contributed by atoms with Crippen molar-refractivity contribution >= 4 is 0 Å². The summed E-state index contributed by atoms with van der Waals surface area (Å²) in [5.74, 6) is 0.792. The molecule has 0 bridgehead atoms. The lowest BCUT2D eigenvalue weighted by Gasteiger charge is -2.19. The van der Waals surface area contributed by atoms with Crippen LogP contribution in [0.25, 0.3) is 0 Å². The van der Waals surface area contributed by atoms with Crippen molar-refractivity contribution in [1.29, 1.82) is 0 Å². The summed E-state index contributed by atoms with van der Waals surface area (Å²) >= 11 is 0. The monoisotopic (exact) mass is 149 g/mol. The summed E-state index contributed by atoms with van der Waals surface area (Å²) in [5, 5.41) is 7.06. The first kappa shape index (κ1) is 6.89. The number of fused-ring (bicyclic) bond motifs is 1. The zero-order valence-corrected chi connectivity index (χ0v) is 6.64. The Morgan fingerprint density at radius 3 is 3.45 bits per heavy atom. The Kier molecular flexibility index (Phi) is 1.68. The molecule has 1 atom stereocenters. The van der Waals surface area contributed by atoms with Crippen molar-refractivity contribution in [2.45, 2.75) is 25.7 Å². The van der Waals surface area contributed by atoms with Gasteiger partial charge in [-0.05, 0) is 30.7 Å². The Balaban J connectivity index is 2.18. The number of aryl methyl sites for hydroxylation is 1. The number of hydrogen-bond donors (Lipinski definition) is 1. The van der Waals surface area contributed by atoms with Crippen LogP contribution in [-0.4, -0.2) is 10.2 Å². The molecule has 1 unspecified atom stereocenters. The second-order valence-electron chi connectivity index (χ2n) is 3.27. The van der Waals surface area contributed by atoms with E-state index in [1.807, 2.05) is 6.20 Å². The van der Waals surface area contributed by atoms with Crippen molar-refractivity contribution in [3.8, 4) is 0 Å². The van der Waals surface area contributed by atoms with Gasteiger partial charge in [-0.15, -0.1) is 0 Å². The number of nitrogens with zero attached hydrogens (tertiary/aromatic N) is 1. The van der Waals surface area contributed by atoms with E-state index in [1.54, 1.807) is 0 Å². The molecular formula is C9H13N2. The molecule has 0 spiro atoms. The molecule has 1 aromatic heterocycles. The second-order valence-corrected chi connectivity index (χ2v) is 3.27. The van der Waals surface area contributed by atoms with Gasteiger partial charge in [0.05, 0.1) is 6.20 Å². The smallest absolute Gasteiger partial charge is 0.0522 e. The van der Waals surface area contributed by atoms with Crippen LogP contribution < -0.4 is 0 Å². The minimum Gasteiger partial charge on any atom is -0.282 e. The molecule has 1 aliphatic carbocycles. The van der Waals surface area contributed by atoms with Gasteiger partial charge >= 0.3 is 0 Å². The number of H-pyrrole nitrogens is 1. The first-order chi connectivity index (χ1) is 5.40. The van der Waals surface area contributed by atoms with Crippen LogP contribution in [0.5, 0.6) is 0 Å². The van der Waals surface area contributed by atoms with E-state index in [9.17, 15) is 0 Å². The molecule has 2 heteroatoms. The third-order valence-electron chi connectivity index (χ3n) is 2.53. The van der Waals surface area contributed by atoms with Crippen LogP contribution in [0.2, 0.25) is 0 Å². The third kappa shape index (κ3) is 1.17. The van der Waals surface area contributed by atoms with E-state index >= 15 is 0 Å². The minimum atomic E-state index is 0.792. The molecule has 0 aliphatic heterocycles. The predicted molar refractivity (Wildman–Crippen MR) is 44.1 cm³/mol. The van der Waals surface area contributed by atoms with Crippen LogP contribution in [-0.2, 0) is 12.8 Å². The van der Waals surface area contributed by atoms with E-state index in [0.717, 1.165) is 18.8 Å². The molecule has 0 amide bonds. The summed E-state index contributed by atoms with van der Waals surface area (Å²) in [5.41, 5.74) is 2.75. The van der Waals surface area contributed by atoms with Gasteiger partial charge in [0.25, 0.3) is 0 Å². The van der Waals surface area contributed by atoms with E-state index < -0.39 is 0 Å². The maximum absolute atomic E-state index is 4.03. The van der Waals surface area contributed by atoms with Crippen LogP contribution in [0.1, 0.15) is 24.1 Å². The fraction of sp³-hybridized carbons (Fsp3) is 0.556. The topological polar surface area (TPSA) is 28.7 Å². The number of hydrogen-bond acceptors (Lipinski definition) is 1. The molecule has 0 saturated heterocycles. The average molecular weight is 149 g/mol. The van der Waals surface area contributed by atoms with E-state index in [0.29, 0.717) is 0 Å². The van der Waals surface area contributed by atoms with Crippen LogP contribution in [0, 0.1) is 12.8 Å². The van der Waals surface area contributed by atoms with Gasteiger partial charge in [-0.2, -0.15) is 5.10 Å². The van der Waals surface area contributed by atoms with Crippen molar-refractivity contribution in [2.24, 2.45) is 5.92 Å². The van der Waals surface area contributed by atoms with Crippen molar-refractivity contribution in [1.82, 2.24) is 10.2 Å². The van der Waals surface area contributed by atoms with E-state index in [2.05, 4.69) is 17.1 Å². The molecule has 1 heterocycles. The Morgan fingerprint density at radius 2 is 2.64 bits per heavy atom. The highest BCUT2D eigenvalue weighted by atomic mass is 15.1. The Bertz CT molecular complexity index is 239. The fourth-order valence-electron chi connectivity index (χ4n) is 1.74. The van der Waals surface area contributed by atoms with E-state index in [-0.39, 0.29) is 0 Å². The summed E-state index contributed by atoms with van der Waals surface area (Å²) in [6.07, 6.45) is 6.63. The van der Waals surface area contributed by atoms with Gasteiger partial charge in [-0.1, -0.05) is 13.3 Å². The van der Waals surface area contributed by atoms with Gasteiger partial charge in [-0.25, -0.2) is 0 Å². The van der Waals surface area contributed by atoms with Gasteiger partial charge in [-0.3, -0.25) is 5.10 Å². The van der Waals surface area contributed by atoms with Gasteiger partial charge in [0.15, 0.2) is 0 Å². The van der Waals surface area contributed by atoms with Crippen molar-refractivity contribution in [3.63, 3.8) is 0 Å². The second kappa shape index (κ2) is 2.68. The van der Waals surface area contributed by atoms with Gasteiger partial charge in [0, 0.05) is 5.69 Å². The van der Waals surface area contributed by atoms with Crippen molar-refractivity contribution in [3.05, 3.63) is 24.4 Å². The van der Waals surface area contributed by atoms with Crippen molar-refractivity contribution in [2.75, 3.05) is 0 Å². The summed E-state index contributed by atoms with van der Waals surface area (Å²) in [4.78, 5) is 0. The predicted octanol–water partition coefficient (Wildman–Crippen LogP) is 1.74.